The fourth-order valence-electron chi connectivity index (χ4n) is 1.89. The van der Waals surface area contributed by atoms with Crippen LogP contribution in [0.5, 0.6) is 17.2 Å². The van der Waals surface area contributed by atoms with Gasteiger partial charge in [0.05, 0.1) is 20.1 Å². The minimum atomic E-state index is 0.270. The number of hydrogen-bond donors (Lipinski definition) is 0. The van der Waals surface area contributed by atoms with Gasteiger partial charge in [0.2, 0.25) is 0 Å². The van der Waals surface area contributed by atoms with Crippen LogP contribution in [-0.2, 0) is 12.5 Å². The third-order valence-electron chi connectivity index (χ3n) is 2.90. The van der Waals surface area contributed by atoms with Gasteiger partial charge in [-0.15, -0.1) is 11.6 Å². The van der Waals surface area contributed by atoms with E-state index in [-0.39, 0.29) is 6.61 Å². The smallest absolute Gasteiger partial charge is 0.185 e. The van der Waals surface area contributed by atoms with Gasteiger partial charge in [-0.2, -0.15) is 0 Å². The summed E-state index contributed by atoms with van der Waals surface area (Å²) in [5.41, 5.74) is 1.58. The molecule has 0 bridgehead atoms. The van der Waals surface area contributed by atoms with E-state index in [1.165, 1.54) is 0 Å². The van der Waals surface area contributed by atoms with Crippen LogP contribution in [0.1, 0.15) is 11.3 Å². The third kappa shape index (κ3) is 3.80. The molecule has 2 aromatic rings. The number of rotatable bonds is 6. The minimum absolute atomic E-state index is 0.270. The SMILES string of the molecule is COc1ccnc(COc2ccc(Br)cc2CCl)c1OC. The summed E-state index contributed by atoms with van der Waals surface area (Å²) in [5, 5.41) is 0. The molecule has 0 fully saturated rings. The first-order valence-corrected chi connectivity index (χ1v) is 7.55. The van der Waals surface area contributed by atoms with E-state index in [0.717, 1.165) is 15.8 Å². The molecule has 2 rings (SSSR count). The molecule has 0 aliphatic carbocycles. The summed E-state index contributed by atoms with van der Waals surface area (Å²) in [7, 11) is 3.16. The maximum Gasteiger partial charge on any atom is 0.185 e. The Morgan fingerprint density at radius 1 is 1.14 bits per heavy atom. The molecular weight excluding hydrogens is 358 g/mol. The average Bonchev–Trinajstić information content (AvgIpc) is 2.52. The maximum absolute atomic E-state index is 5.93. The van der Waals surface area contributed by atoms with E-state index in [1.807, 2.05) is 18.2 Å². The molecule has 0 saturated heterocycles. The number of benzene rings is 1. The summed E-state index contributed by atoms with van der Waals surface area (Å²) in [5.74, 6) is 2.29. The molecule has 0 aliphatic rings. The highest BCUT2D eigenvalue weighted by Gasteiger charge is 2.12. The van der Waals surface area contributed by atoms with Gasteiger partial charge >= 0.3 is 0 Å². The zero-order valence-corrected chi connectivity index (χ0v) is 14.1. The summed E-state index contributed by atoms with van der Waals surface area (Å²) in [6, 6.07) is 7.45. The van der Waals surface area contributed by atoms with Gasteiger partial charge in [-0.1, -0.05) is 15.9 Å². The van der Waals surface area contributed by atoms with Gasteiger partial charge in [0, 0.05) is 22.3 Å². The van der Waals surface area contributed by atoms with E-state index in [2.05, 4.69) is 20.9 Å². The molecule has 112 valence electrons. The van der Waals surface area contributed by atoms with Crippen molar-refractivity contribution in [3.63, 3.8) is 0 Å². The zero-order chi connectivity index (χ0) is 15.2. The molecule has 0 spiro atoms. The van der Waals surface area contributed by atoms with Crippen LogP contribution in [0.25, 0.3) is 0 Å². The predicted octanol–water partition coefficient (Wildman–Crippen LogP) is 4.18. The lowest BCUT2D eigenvalue weighted by Gasteiger charge is -2.14. The van der Waals surface area contributed by atoms with Gasteiger partial charge in [-0.05, 0) is 18.2 Å². The number of pyridine rings is 1. The lowest BCUT2D eigenvalue weighted by atomic mass is 10.2. The quantitative estimate of drug-likeness (QED) is 0.713. The molecular formula is C15H15BrClNO3. The molecule has 1 aromatic carbocycles. The molecule has 1 aromatic heterocycles. The number of ether oxygens (including phenoxy) is 3. The van der Waals surface area contributed by atoms with Crippen molar-refractivity contribution in [1.82, 2.24) is 4.98 Å². The summed E-state index contributed by atoms with van der Waals surface area (Å²) >= 11 is 9.34. The van der Waals surface area contributed by atoms with Gasteiger partial charge in [0.1, 0.15) is 18.1 Å². The van der Waals surface area contributed by atoms with E-state index in [0.29, 0.717) is 23.1 Å². The van der Waals surface area contributed by atoms with Crippen LogP contribution in [0.4, 0.5) is 0 Å². The average molecular weight is 373 g/mol. The number of nitrogens with zero attached hydrogens (tertiary/aromatic N) is 1. The number of alkyl halides is 1. The lowest BCUT2D eigenvalue weighted by Crippen LogP contribution is -2.04. The second kappa shape index (κ2) is 7.52. The molecule has 0 radical (unpaired) electrons. The van der Waals surface area contributed by atoms with Gasteiger partial charge in [-0.3, -0.25) is 4.98 Å². The van der Waals surface area contributed by atoms with E-state index in [9.17, 15) is 0 Å². The molecule has 0 atom stereocenters. The molecule has 4 nitrogen and oxygen atoms in total. The first kappa shape index (κ1) is 15.9. The number of aromatic nitrogens is 1. The second-order valence-electron chi connectivity index (χ2n) is 4.17. The van der Waals surface area contributed by atoms with Crippen molar-refractivity contribution >= 4 is 27.5 Å². The Kier molecular flexibility index (Phi) is 5.70. The highest BCUT2D eigenvalue weighted by Crippen LogP contribution is 2.31. The second-order valence-corrected chi connectivity index (χ2v) is 5.35. The van der Waals surface area contributed by atoms with Crippen LogP contribution in [-0.4, -0.2) is 19.2 Å². The molecule has 0 saturated carbocycles. The predicted molar refractivity (Wildman–Crippen MR) is 85.4 cm³/mol. The Morgan fingerprint density at radius 2 is 1.95 bits per heavy atom. The Balaban J connectivity index is 2.20. The van der Waals surface area contributed by atoms with E-state index in [1.54, 1.807) is 26.5 Å². The number of halogens is 2. The van der Waals surface area contributed by atoms with Gasteiger partial charge < -0.3 is 14.2 Å². The Hall–Kier alpha value is -1.46. The number of methoxy groups -OCH3 is 2. The Labute approximate surface area is 137 Å². The van der Waals surface area contributed by atoms with Crippen LogP contribution >= 0.6 is 27.5 Å². The van der Waals surface area contributed by atoms with Crippen molar-refractivity contribution in [2.75, 3.05) is 14.2 Å². The molecule has 0 N–H and O–H groups in total. The molecule has 21 heavy (non-hydrogen) atoms. The van der Waals surface area contributed by atoms with Gasteiger partial charge in [-0.25, -0.2) is 0 Å². The minimum Gasteiger partial charge on any atom is -0.493 e. The Bertz CT molecular complexity index is 622. The van der Waals surface area contributed by atoms with Crippen LogP contribution in [0.15, 0.2) is 34.9 Å². The van der Waals surface area contributed by atoms with Gasteiger partial charge in [0.25, 0.3) is 0 Å². The van der Waals surface area contributed by atoms with E-state index < -0.39 is 0 Å². The van der Waals surface area contributed by atoms with Crippen LogP contribution in [0.2, 0.25) is 0 Å². The molecule has 0 unspecified atom stereocenters. The van der Waals surface area contributed by atoms with Crippen molar-refractivity contribution < 1.29 is 14.2 Å². The molecule has 1 heterocycles. The monoisotopic (exact) mass is 371 g/mol. The molecule has 0 amide bonds. The van der Waals surface area contributed by atoms with Crippen molar-refractivity contribution in [2.45, 2.75) is 12.5 Å². The largest absolute Gasteiger partial charge is 0.493 e. The fourth-order valence-corrected chi connectivity index (χ4v) is 2.51. The first-order chi connectivity index (χ1) is 10.2. The van der Waals surface area contributed by atoms with E-state index in [4.69, 9.17) is 25.8 Å². The maximum atomic E-state index is 5.93. The van der Waals surface area contributed by atoms with Crippen LogP contribution in [0.3, 0.4) is 0 Å². The summed E-state index contributed by atoms with van der Waals surface area (Å²) in [6.45, 7) is 0.270. The van der Waals surface area contributed by atoms with Crippen molar-refractivity contribution in [3.05, 3.63) is 46.2 Å². The standard InChI is InChI=1S/C15H15BrClNO3/c1-19-14-5-6-18-12(15(14)20-2)9-21-13-4-3-11(16)7-10(13)8-17/h3-7H,8-9H2,1-2H3. The normalized spacial score (nSPS) is 10.3. The van der Waals surface area contributed by atoms with Crippen LogP contribution < -0.4 is 14.2 Å². The first-order valence-electron chi connectivity index (χ1n) is 6.22. The zero-order valence-electron chi connectivity index (χ0n) is 11.7. The topological polar surface area (TPSA) is 40.6 Å². The van der Waals surface area contributed by atoms with E-state index >= 15 is 0 Å². The fraction of sp³-hybridized carbons (Fsp3) is 0.267. The van der Waals surface area contributed by atoms with Crippen molar-refractivity contribution in [1.29, 1.82) is 0 Å². The molecule has 6 heteroatoms. The summed E-state index contributed by atoms with van der Waals surface area (Å²) < 4.78 is 17.3. The Morgan fingerprint density at radius 3 is 2.62 bits per heavy atom. The number of hydrogen-bond acceptors (Lipinski definition) is 4. The van der Waals surface area contributed by atoms with Gasteiger partial charge in [0.15, 0.2) is 11.5 Å². The lowest BCUT2D eigenvalue weighted by molar-refractivity contribution is 0.283. The summed E-state index contributed by atoms with van der Waals surface area (Å²) in [6.07, 6.45) is 1.66. The summed E-state index contributed by atoms with van der Waals surface area (Å²) in [4.78, 5) is 4.27. The van der Waals surface area contributed by atoms with Crippen molar-refractivity contribution in [2.24, 2.45) is 0 Å². The third-order valence-corrected chi connectivity index (χ3v) is 3.68. The highest BCUT2D eigenvalue weighted by molar-refractivity contribution is 9.10. The highest BCUT2D eigenvalue weighted by atomic mass is 79.9. The van der Waals surface area contributed by atoms with Crippen molar-refractivity contribution in [3.8, 4) is 17.2 Å². The molecule has 0 aliphatic heterocycles. The van der Waals surface area contributed by atoms with Crippen LogP contribution in [0, 0.1) is 0 Å².